The highest BCUT2D eigenvalue weighted by Gasteiger charge is 2.33. The minimum absolute atomic E-state index is 0.0210. The summed E-state index contributed by atoms with van der Waals surface area (Å²) in [4.78, 5) is 22.2. The number of carbonyl (C=O) groups excluding carboxylic acids is 1. The first-order chi connectivity index (χ1) is 19.3. The van der Waals surface area contributed by atoms with Crippen LogP contribution in [0.1, 0.15) is 40.7 Å². The number of methoxy groups -OCH3 is 1. The molecular weight excluding hydrogens is 562 g/mol. The smallest absolute Gasteiger partial charge is 0.416 e. The Kier molecular flexibility index (Phi) is 8.10. The molecule has 0 unspecified atom stereocenters. The highest BCUT2D eigenvalue weighted by molar-refractivity contribution is 7.90. The minimum Gasteiger partial charge on any atom is -0.465 e. The number of nitrogens with zero attached hydrogens (tertiary/aromatic N) is 3. The first-order valence-electron chi connectivity index (χ1n) is 13.4. The van der Waals surface area contributed by atoms with E-state index in [2.05, 4.69) is 14.8 Å². The Labute approximate surface area is 236 Å². The lowest BCUT2D eigenvalue weighted by Crippen LogP contribution is -2.44. The van der Waals surface area contributed by atoms with Crippen LogP contribution < -0.4 is 0 Å². The monoisotopic (exact) mass is 593 g/mol. The molecule has 2 fully saturated rings. The summed E-state index contributed by atoms with van der Waals surface area (Å²) in [5, 5.41) is 0.242. The molecule has 3 aromatic rings. The molecule has 12 heteroatoms. The average molecular weight is 594 g/mol. The van der Waals surface area contributed by atoms with Crippen molar-refractivity contribution in [2.75, 3.05) is 39.5 Å². The normalized spacial score (nSPS) is 19.6. The lowest BCUT2D eigenvalue weighted by molar-refractivity contribution is -0.137. The minimum atomic E-state index is -4.58. The Balaban J connectivity index is 1.62. The molecule has 2 saturated heterocycles. The number of aromatic nitrogens is 1. The van der Waals surface area contributed by atoms with Crippen molar-refractivity contribution in [3.8, 4) is 11.3 Å². The predicted octanol–water partition coefficient (Wildman–Crippen LogP) is 5.12. The molecule has 0 spiro atoms. The van der Waals surface area contributed by atoms with Gasteiger partial charge in [-0.3, -0.25) is 9.80 Å². The number of esters is 1. The number of pyridine rings is 1. The van der Waals surface area contributed by atoms with Gasteiger partial charge in [-0.25, -0.2) is 22.6 Å². The van der Waals surface area contributed by atoms with Crippen molar-refractivity contribution in [1.82, 2.24) is 14.8 Å². The van der Waals surface area contributed by atoms with Crippen molar-refractivity contribution < 1.29 is 35.5 Å². The molecule has 5 rings (SSSR count). The number of rotatable bonds is 6. The van der Waals surface area contributed by atoms with Crippen LogP contribution in [-0.4, -0.2) is 80.9 Å². The predicted molar refractivity (Wildman–Crippen MR) is 146 cm³/mol. The number of hydrogen-bond donors (Lipinski definition) is 0. The van der Waals surface area contributed by atoms with Crippen LogP contribution in [0.4, 0.5) is 17.6 Å². The van der Waals surface area contributed by atoms with Crippen molar-refractivity contribution in [3.05, 3.63) is 59.2 Å². The van der Waals surface area contributed by atoms with Crippen LogP contribution in [0.25, 0.3) is 22.2 Å². The van der Waals surface area contributed by atoms with Gasteiger partial charge in [-0.05, 0) is 62.7 Å². The fraction of sp³-hybridized carbons (Fsp3) is 0.448. The van der Waals surface area contributed by atoms with Crippen LogP contribution in [0.2, 0.25) is 0 Å². The Bertz CT molecular complexity index is 1570. The molecule has 0 saturated carbocycles. The SMILES string of the molecule is COC(=O)c1c(CN2CCC(N3CC[C@H](F)C3)CC2)c(-c2cccc(C(F)(F)F)c2)nc2ccc(S(C)(=O)=O)cc12. The van der Waals surface area contributed by atoms with E-state index in [4.69, 9.17) is 4.74 Å². The van der Waals surface area contributed by atoms with Crippen LogP contribution >= 0.6 is 0 Å². The highest BCUT2D eigenvalue weighted by atomic mass is 32.2. The Hall–Kier alpha value is -3.09. The molecule has 2 aliphatic rings. The third-order valence-corrected chi connectivity index (χ3v) is 9.07. The summed E-state index contributed by atoms with van der Waals surface area (Å²) in [6, 6.07) is 9.15. The zero-order chi connectivity index (χ0) is 29.5. The molecule has 0 N–H and O–H groups in total. The largest absolute Gasteiger partial charge is 0.465 e. The van der Waals surface area contributed by atoms with E-state index in [1.165, 1.54) is 37.4 Å². The molecule has 3 heterocycles. The number of halogens is 4. The summed E-state index contributed by atoms with van der Waals surface area (Å²) in [6.45, 7) is 2.58. The summed E-state index contributed by atoms with van der Waals surface area (Å²) in [5.74, 6) is -0.743. The van der Waals surface area contributed by atoms with Crippen molar-refractivity contribution in [1.29, 1.82) is 0 Å². The summed E-state index contributed by atoms with van der Waals surface area (Å²) < 4.78 is 84.4. The van der Waals surface area contributed by atoms with E-state index < -0.39 is 33.7 Å². The molecule has 2 aliphatic heterocycles. The van der Waals surface area contributed by atoms with Gasteiger partial charge in [0.2, 0.25) is 0 Å². The van der Waals surface area contributed by atoms with E-state index in [9.17, 15) is 30.8 Å². The zero-order valence-electron chi connectivity index (χ0n) is 22.7. The maximum Gasteiger partial charge on any atom is 0.416 e. The second kappa shape index (κ2) is 11.3. The van der Waals surface area contributed by atoms with Gasteiger partial charge in [-0.1, -0.05) is 12.1 Å². The van der Waals surface area contributed by atoms with Gasteiger partial charge >= 0.3 is 12.1 Å². The number of piperidine rings is 1. The Morgan fingerprint density at radius 1 is 1.07 bits per heavy atom. The van der Waals surface area contributed by atoms with Gasteiger partial charge in [-0.2, -0.15) is 13.2 Å². The van der Waals surface area contributed by atoms with E-state index in [0.717, 1.165) is 37.8 Å². The zero-order valence-corrected chi connectivity index (χ0v) is 23.6. The van der Waals surface area contributed by atoms with E-state index in [0.29, 0.717) is 31.6 Å². The van der Waals surface area contributed by atoms with E-state index in [1.807, 2.05) is 0 Å². The van der Waals surface area contributed by atoms with E-state index in [1.54, 1.807) is 0 Å². The number of ether oxygens (including phenoxy) is 1. The maximum atomic E-state index is 13.8. The third kappa shape index (κ3) is 6.24. The molecule has 2 aromatic carbocycles. The third-order valence-electron chi connectivity index (χ3n) is 7.96. The van der Waals surface area contributed by atoms with Crippen molar-refractivity contribution >= 4 is 26.7 Å². The number of benzene rings is 2. The molecule has 1 atom stereocenters. The van der Waals surface area contributed by atoms with Crippen LogP contribution in [-0.2, 0) is 27.3 Å². The fourth-order valence-electron chi connectivity index (χ4n) is 5.82. The van der Waals surface area contributed by atoms with Gasteiger partial charge in [0.25, 0.3) is 0 Å². The number of fused-ring (bicyclic) bond motifs is 1. The molecule has 1 aromatic heterocycles. The highest BCUT2D eigenvalue weighted by Crippen LogP contribution is 2.37. The second-order valence-corrected chi connectivity index (χ2v) is 12.7. The van der Waals surface area contributed by atoms with Gasteiger partial charge in [0, 0.05) is 48.4 Å². The first kappa shape index (κ1) is 29.4. The van der Waals surface area contributed by atoms with E-state index >= 15 is 0 Å². The van der Waals surface area contributed by atoms with Crippen molar-refractivity contribution in [2.24, 2.45) is 0 Å². The van der Waals surface area contributed by atoms with E-state index in [-0.39, 0.29) is 45.2 Å². The maximum absolute atomic E-state index is 13.8. The number of hydrogen-bond acceptors (Lipinski definition) is 7. The van der Waals surface area contributed by atoms with Crippen molar-refractivity contribution in [3.63, 3.8) is 0 Å². The number of sulfone groups is 1. The summed E-state index contributed by atoms with van der Waals surface area (Å²) in [5.41, 5.74) is 0.193. The molecule has 41 heavy (non-hydrogen) atoms. The molecule has 0 amide bonds. The average Bonchev–Trinajstić information content (AvgIpc) is 3.37. The topological polar surface area (TPSA) is 79.8 Å². The van der Waals surface area contributed by atoms with Gasteiger partial charge in [0.1, 0.15) is 6.17 Å². The fourth-order valence-corrected chi connectivity index (χ4v) is 6.47. The molecule has 0 bridgehead atoms. The first-order valence-corrected chi connectivity index (χ1v) is 15.3. The molecular formula is C29H31F4N3O4S. The lowest BCUT2D eigenvalue weighted by atomic mass is 9.94. The van der Waals surface area contributed by atoms with Gasteiger partial charge in [0.05, 0.1) is 34.3 Å². The second-order valence-electron chi connectivity index (χ2n) is 10.7. The molecule has 0 aliphatic carbocycles. The van der Waals surface area contributed by atoms with Gasteiger partial charge in [0.15, 0.2) is 9.84 Å². The van der Waals surface area contributed by atoms with Crippen LogP contribution in [0.5, 0.6) is 0 Å². The summed E-state index contributed by atoms with van der Waals surface area (Å²) >= 11 is 0. The van der Waals surface area contributed by atoms with Crippen LogP contribution in [0.15, 0.2) is 47.4 Å². The Morgan fingerprint density at radius 3 is 2.41 bits per heavy atom. The van der Waals surface area contributed by atoms with Gasteiger partial charge in [-0.15, -0.1) is 0 Å². The van der Waals surface area contributed by atoms with Crippen LogP contribution in [0.3, 0.4) is 0 Å². The molecule has 7 nitrogen and oxygen atoms in total. The number of likely N-dealkylation sites (tertiary alicyclic amines) is 2. The Morgan fingerprint density at radius 2 is 1.80 bits per heavy atom. The quantitative estimate of drug-likeness (QED) is 0.290. The summed E-state index contributed by atoms with van der Waals surface area (Å²) in [7, 11) is -2.44. The van der Waals surface area contributed by atoms with Crippen LogP contribution in [0, 0.1) is 0 Å². The summed E-state index contributed by atoms with van der Waals surface area (Å²) in [6.07, 6.45) is -2.27. The molecule has 0 radical (unpaired) electrons. The van der Waals surface area contributed by atoms with Crippen molar-refractivity contribution in [2.45, 2.75) is 49.1 Å². The molecule has 220 valence electrons. The number of carbonyl (C=O) groups is 1. The van der Waals surface area contributed by atoms with Gasteiger partial charge < -0.3 is 4.74 Å². The standard InChI is InChI=1S/C29H31F4N3O4S/c1-40-28(37)26-23-15-22(41(2,38)39)6-7-25(23)34-27(18-4-3-5-19(14-18)29(31,32)33)24(26)17-35-11-9-21(10-12-35)36-13-8-20(30)16-36/h3-7,14-15,20-21H,8-13,16-17H2,1-2H3/t20-/m0/s1. The number of alkyl halides is 4. The lowest BCUT2D eigenvalue weighted by Gasteiger charge is -2.37.